The fraction of sp³-hybridized carbons (Fsp3) is 0.500. The summed E-state index contributed by atoms with van der Waals surface area (Å²) in [6, 6.07) is 7.10. The van der Waals surface area contributed by atoms with Gasteiger partial charge in [0.15, 0.2) is 0 Å². The molecule has 14 heteroatoms. The molecule has 1 saturated carbocycles. The number of ether oxygens (including phenoxy) is 3. The van der Waals surface area contributed by atoms with E-state index in [1.807, 2.05) is 29.7 Å². The first-order chi connectivity index (χ1) is 23.9. The molecule has 1 aromatic carbocycles. The van der Waals surface area contributed by atoms with Crippen molar-refractivity contribution in [3.8, 4) is 22.2 Å². The number of thiophene rings is 1. The largest absolute Gasteiger partial charge is 0.497 e. The van der Waals surface area contributed by atoms with Gasteiger partial charge in [0.1, 0.15) is 40.8 Å². The number of amides is 3. The second-order valence-corrected chi connectivity index (χ2v) is 15.0. The van der Waals surface area contributed by atoms with Crippen LogP contribution in [0.15, 0.2) is 47.9 Å². The first-order valence-electron chi connectivity index (χ1n) is 17.0. The van der Waals surface area contributed by atoms with Gasteiger partial charge in [-0.15, -0.1) is 11.3 Å². The summed E-state index contributed by atoms with van der Waals surface area (Å²) in [6.07, 6.45) is 6.07. The van der Waals surface area contributed by atoms with Crippen molar-refractivity contribution in [2.45, 2.75) is 95.0 Å². The molecule has 266 valence electrons. The molecule has 3 amide bonds. The van der Waals surface area contributed by atoms with Gasteiger partial charge >= 0.3 is 12.1 Å². The van der Waals surface area contributed by atoms with Crippen molar-refractivity contribution in [1.29, 1.82) is 0 Å². The highest BCUT2D eigenvalue weighted by Crippen LogP contribution is 2.45. The van der Waals surface area contributed by atoms with Crippen LogP contribution in [0.1, 0.15) is 65.7 Å². The quantitative estimate of drug-likeness (QED) is 0.294. The van der Waals surface area contributed by atoms with Gasteiger partial charge in [0.05, 0.1) is 29.6 Å². The minimum absolute atomic E-state index is 0.000961. The molecule has 0 spiro atoms. The number of allylic oxidation sites excluding steroid dienone is 1. The number of fused-ring (bicyclic) bond motifs is 3. The first-order valence-corrected chi connectivity index (χ1v) is 17.8. The number of rotatable bonds is 6. The predicted octanol–water partition coefficient (Wildman–Crippen LogP) is 5.09. The number of carboxylic acid groups (broad SMARTS) is 1. The molecule has 1 aliphatic carbocycles. The number of carboxylic acids is 1. The summed E-state index contributed by atoms with van der Waals surface area (Å²) in [5.74, 6) is -1.67. The van der Waals surface area contributed by atoms with Gasteiger partial charge in [0.25, 0.3) is 0 Å². The minimum atomic E-state index is -1.45. The molecule has 4 heterocycles. The van der Waals surface area contributed by atoms with E-state index < -0.39 is 53.2 Å². The van der Waals surface area contributed by atoms with Crippen LogP contribution in [0.5, 0.6) is 11.6 Å². The Morgan fingerprint density at radius 3 is 2.66 bits per heavy atom. The number of alkyl carbamates (subject to hydrolysis) is 1. The summed E-state index contributed by atoms with van der Waals surface area (Å²) in [5, 5.41) is 17.6. The third kappa shape index (κ3) is 7.69. The van der Waals surface area contributed by atoms with Crippen LogP contribution < -0.4 is 20.1 Å². The SMILES string of the molecule is COc1ccc2nc(O[C@@H]3CC4C(=O)NC5(C(=O)O)CC5/C=C\CCCCC[C@@H](NC(=O)OC(C)(C)C)C(=O)N4C3)c(-c3cccs3)nc2c1. The molecule has 2 aromatic heterocycles. The van der Waals surface area contributed by atoms with E-state index in [1.165, 1.54) is 16.2 Å². The molecule has 3 unspecified atom stereocenters. The minimum Gasteiger partial charge on any atom is -0.497 e. The fourth-order valence-corrected chi connectivity index (χ4v) is 7.26. The Hall–Kier alpha value is -4.72. The molecule has 50 heavy (non-hydrogen) atoms. The van der Waals surface area contributed by atoms with E-state index in [-0.39, 0.29) is 31.2 Å². The number of carbonyl (C=O) groups excluding carboxylic acids is 3. The lowest BCUT2D eigenvalue weighted by atomic mass is 10.0. The molecule has 1 saturated heterocycles. The molecule has 0 bridgehead atoms. The number of methoxy groups -OCH3 is 1. The van der Waals surface area contributed by atoms with Crippen molar-refractivity contribution in [2.75, 3.05) is 13.7 Å². The van der Waals surface area contributed by atoms with Crippen LogP contribution in [0.25, 0.3) is 21.6 Å². The number of carbonyl (C=O) groups is 4. The number of hydrogen-bond acceptors (Lipinski definition) is 10. The van der Waals surface area contributed by atoms with Crippen LogP contribution in [-0.2, 0) is 19.1 Å². The standard InChI is InChI=1S/C36H43N5O8S/c1-35(2,3)49-34(46)39-25-12-9-7-5-6-8-11-21-19-36(21,33(44)45)40-30(42)27-18-23(20-41(27)32(25)43)48-31-29(28-13-10-16-50-28)37-26-17-22(47-4)14-15-24(26)38-31/h8,10-11,13-17,21,23,25,27H,5-7,9,12,18-20H2,1-4H3,(H,39,46)(H,40,42)(H,44,45)/b11-8-/t21?,23-,25-,27?,36?/m1/s1. The number of aromatic nitrogens is 2. The van der Waals surface area contributed by atoms with Gasteiger partial charge in [-0.1, -0.05) is 31.1 Å². The summed E-state index contributed by atoms with van der Waals surface area (Å²) >= 11 is 1.47. The second-order valence-electron chi connectivity index (χ2n) is 14.0. The van der Waals surface area contributed by atoms with E-state index in [1.54, 1.807) is 46.1 Å². The number of aliphatic carboxylic acids is 1. The van der Waals surface area contributed by atoms with Crippen LogP contribution in [0, 0.1) is 5.92 Å². The third-order valence-electron chi connectivity index (χ3n) is 9.18. The van der Waals surface area contributed by atoms with Crippen molar-refractivity contribution in [3.05, 3.63) is 47.9 Å². The first kappa shape index (κ1) is 35.1. The maximum atomic E-state index is 14.4. The second kappa shape index (κ2) is 14.3. The molecule has 2 fully saturated rings. The van der Waals surface area contributed by atoms with E-state index in [0.717, 1.165) is 24.1 Å². The molecule has 13 nitrogen and oxygen atoms in total. The van der Waals surface area contributed by atoms with Crippen molar-refractivity contribution < 1.29 is 38.5 Å². The topological polar surface area (TPSA) is 169 Å². The van der Waals surface area contributed by atoms with Crippen LogP contribution in [0.4, 0.5) is 4.79 Å². The Labute approximate surface area is 294 Å². The molecular weight excluding hydrogens is 662 g/mol. The molecular formula is C36H43N5O8S. The van der Waals surface area contributed by atoms with Crippen LogP contribution >= 0.6 is 11.3 Å². The van der Waals surface area contributed by atoms with E-state index in [2.05, 4.69) is 10.6 Å². The molecule has 0 radical (unpaired) electrons. The molecule has 3 aromatic rings. The fourth-order valence-electron chi connectivity index (χ4n) is 6.56. The molecule has 5 atom stereocenters. The zero-order valence-corrected chi connectivity index (χ0v) is 29.5. The van der Waals surface area contributed by atoms with Crippen molar-refractivity contribution >= 4 is 46.2 Å². The highest BCUT2D eigenvalue weighted by molar-refractivity contribution is 7.13. The summed E-state index contributed by atoms with van der Waals surface area (Å²) in [6.45, 7) is 5.21. The Morgan fingerprint density at radius 2 is 1.94 bits per heavy atom. The number of benzene rings is 1. The van der Waals surface area contributed by atoms with Crippen LogP contribution in [0.3, 0.4) is 0 Å². The number of nitrogens with one attached hydrogen (secondary N) is 2. The summed E-state index contributed by atoms with van der Waals surface area (Å²) in [4.78, 5) is 65.6. The molecule has 2 aliphatic heterocycles. The smallest absolute Gasteiger partial charge is 0.408 e. The van der Waals surface area contributed by atoms with Crippen LogP contribution in [-0.4, -0.2) is 86.8 Å². The maximum Gasteiger partial charge on any atom is 0.408 e. The van der Waals surface area contributed by atoms with Gasteiger partial charge in [0, 0.05) is 18.4 Å². The molecule has 3 N–H and O–H groups in total. The lowest BCUT2D eigenvalue weighted by Gasteiger charge is -2.30. The summed E-state index contributed by atoms with van der Waals surface area (Å²) in [7, 11) is 1.58. The zero-order chi connectivity index (χ0) is 35.6. The Kier molecular flexibility index (Phi) is 10.0. The normalized spacial score (nSPS) is 26.4. The van der Waals surface area contributed by atoms with Gasteiger partial charge in [-0.3, -0.25) is 9.59 Å². The van der Waals surface area contributed by atoms with Crippen LogP contribution in [0.2, 0.25) is 0 Å². The highest BCUT2D eigenvalue weighted by atomic mass is 32.1. The number of nitrogens with zero attached hydrogens (tertiary/aromatic N) is 3. The average Bonchev–Trinajstić information content (AvgIpc) is 3.37. The zero-order valence-electron chi connectivity index (χ0n) is 28.6. The van der Waals surface area contributed by atoms with E-state index >= 15 is 0 Å². The average molecular weight is 706 g/mol. The Bertz CT molecular complexity index is 1790. The van der Waals surface area contributed by atoms with Gasteiger partial charge in [-0.05, 0) is 70.0 Å². The molecule has 3 aliphatic rings. The summed E-state index contributed by atoms with van der Waals surface area (Å²) < 4.78 is 17.4. The highest BCUT2D eigenvalue weighted by Gasteiger charge is 2.61. The lowest BCUT2D eigenvalue weighted by Crippen LogP contribution is -2.56. The summed E-state index contributed by atoms with van der Waals surface area (Å²) in [5.41, 5.74) is -0.556. The lowest BCUT2D eigenvalue weighted by molar-refractivity contribution is -0.145. The van der Waals surface area contributed by atoms with Crippen molar-refractivity contribution in [1.82, 2.24) is 25.5 Å². The van der Waals surface area contributed by atoms with Gasteiger partial charge in [-0.25, -0.2) is 19.6 Å². The van der Waals surface area contributed by atoms with E-state index in [4.69, 9.17) is 24.2 Å². The monoisotopic (exact) mass is 705 g/mol. The molecule has 6 rings (SSSR count). The predicted molar refractivity (Wildman–Crippen MR) is 186 cm³/mol. The van der Waals surface area contributed by atoms with Gasteiger partial charge in [0.2, 0.25) is 17.7 Å². The van der Waals surface area contributed by atoms with Gasteiger partial charge < -0.3 is 34.9 Å². The van der Waals surface area contributed by atoms with Crippen molar-refractivity contribution in [3.63, 3.8) is 0 Å². The maximum absolute atomic E-state index is 14.4. The van der Waals surface area contributed by atoms with Crippen molar-refractivity contribution in [2.24, 2.45) is 5.92 Å². The number of hydrogen-bond donors (Lipinski definition) is 3. The van der Waals surface area contributed by atoms with E-state index in [9.17, 15) is 24.3 Å². The third-order valence-corrected chi connectivity index (χ3v) is 10.1. The Morgan fingerprint density at radius 1 is 1.12 bits per heavy atom. The Balaban J connectivity index is 1.33. The van der Waals surface area contributed by atoms with E-state index in [0.29, 0.717) is 35.3 Å². The van der Waals surface area contributed by atoms with Gasteiger partial charge in [-0.2, -0.15) is 0 Å².